The molecule has 0 atom stereocenters. The summed E-state index contributed by atoms with van der Waals surface area (Å²) in [5, 5.41) is 11.1. The second-order valence-electron chi connectivity index (χ2n) is 3.18. The third-order valence-corrected chi connectivity index (χ3v) is 2.24. The van der Waals surface area contributed by atoms with Gasteiger partial charge >= 0.3 is 0 Å². The third-order valence-electron chi connectivity index (χ3n) is 1.97. The summed E-state index contributed by atoms with van der Waals surface area (Å²) in [6.07, 6.45) is 0.449. The van der Waals surface area contributed by atoms with E-state index >= 15 is 0 Å². The van der Waals surface area contributed by atoms with E-state index in [2.05, 4.69) is 5.32 Å². The number of phenols is 1. The van der Waals surface area contributed by atoms with Crippen LogP contribution in [0.3, 0.4) is 0 Å². The van der Waals surface area contributed by atoms with Crippen LogP contribution in [0, 0.1) is 17.5 Å². The number of hydrogen-bond acceptors (Lipinski definition) is 2. The van der Waals surface area contributed by atoms with Gasteiger partial charge in [0.15, 0.2) is 17.4 Å². The van der Waals surface area contributed by atoms with E-state index in [1.807, 2.05) is 0 Å². The quantitative estimate of drug-likeness (QED) is 0.499. The SMILES string of the molecule is O=C(NCCCCl)c1cc(F)c(F)c(O)c1F. The first kappa shape index (κ1) is 13.6. The van der Waals surface area contributed by atoms with Gasteiger partial charge in [-0.2, -0.15) is 4.39 Å². The lowest BCUT2D eigenvalue weighted by Crippen LogP contribution is -2.26. The van der Waals surface area contributed by atoms with Crippen molar-refractivity contribution in [1.29, 1.82) is 0 Å². The number of aromatic hydroxyl groups is 1. The van der Waals surface area contributed by atoms with Crippen LogP contribution >= 0.6 is 11.6 Å². The zero-order valence-corrected chi connectivity index (χ0v) is 9.32. The predicted molar refractivity (Wildman–Crippen MR) is 55.7 cm³/mol. The van der Waals surface area contributed by atoms with Gasteiger partial charge in [0.1, 0.15) is 0 Å². The molecule has 2 N–H and O–H groups in total. The Bertz CT molecular complexity index is 440. The first-order chi connectivity index (χ1) is 7.99. The number of alkyl halides is 1. The van der Waals surface area contributed by atoms with Gasteiger partial charge in [0, 0.05) is 12.4 Å². The molecule has 0 aliphatic heterocycles. The fourth-order valence-electron chi connectivity index (χ4n) is 1.12. The van der Waals surface area contributed by atoms with Crippen molar-refractivity contribution in [3.63, 3.8) is 0 Å². The van der Waals surface area contributed by atoms with E-state index in [-0.39, 0.29) is 6.54 Å². The average molecular weight is 268 g/mol. The largest absolute Gasteiger partial charge is 0.503 e. The Morgan fingerprint density at radius 3 is 2.59 bits per heavy atom. The third kappa shape index (κ3) is 3.03. The summed E-state index contributed by atoms with van der Waals surface area (Å²) in [6.45, 7) is 0.168. The topological polar surface area (TPSA) is 49.3 Å². The highest BCUT2D eigenvalue weighted by Crippen LogP contribution is 2.25. The number of halogens is 4. The summed E-state index contributed by atoms with van der Waals surface area (Å²) in [7, 11) is 0. The Labute approximate surface area is 100 Å². The highest BCUT2D eigenvalue weighted by atomic mass is 35.5. The molecule has 0 radical (unpaired) electrons. The maximum Gasteiger partial charge on any atom is 0.254 e. The van der Waals surface area contributed by atoms with Gasteiger partial charge in [0.05, 0.1) is 5.56 Å². The Hall–Kier alpha value is -1.43. The fourth-order valence-corrected chi connectivity index (χ4v) is 1.25. The molecule has 0 aliphatic carbocycles. The van der Waals surface area contributed by atoms with Crippen molar-refractivity contribution in [2.45, 2.75) is 6.42 Å². The molecule has 1 rings (SSSR count). The van der Waals surface area contributed by atoms with Gasteiger partial charge in [-0.05, 0) is 12.5 Å². The van der Waals surface area contributed by atoms with E-state index < -0.39 is 34.7 Å². The monoisotopic (exact) mass is 267 g/mol. The molecule has 94 valence electrons. The van der Waals surface area contributed by atoms with Crippen LogP contribution in [0.15, 0.2) is 6.07 Å². The molecule has 0 spiro atoms. The lowest BCUT2D eigenvalue weighted by atomic mass is 10.1. The van der Waals surface area contributed by atoms with Gasteiger partial charge in [-0.25, -0.2) is 8.78 Å². The van der Waals surface area contributed by atoms with Gasteiger partial charge < -0.3 is 10.4 Å². The van der Waals surface area contributed by atoms with Gasteiger partial charge in [0.25, 0.3) is 5.91 Å². The molecular weight excluding hydrogens is 259 g/mol. The van der Waals surface area contributed by atoms with E-state index in [0.717, 1.165) is 0 Å². The first-order valence-electron chi connectivity index (χ1n) is 4.69. The summed E-state index contributed by atoms with van der Waals surface area (Å²) in [4.78, 5) is 11.4. The van der Waals surface area contributed by atoms with Gasteiger partial charge in [-0.3, -0.25) is 4.79 Å². The molecule has 0 heterocycles. The average Bonchev–Trinajstić information content (AvgIpc) is 2.31. The Morgan fingerprint density at radius 1 is 1.35 bits per heavy atom. The van der Waals surface area contributed by atoms with Crippen molar-refractivity contribution in [1.82, 2.24) is 5.32 Å². The Morgan fingerprint density at radius 2 is 2.00 bits per heavy atom. The van der Waals surface area contributed by atoms with Crippen LogP contribution in [-0.4, -0.2) is 23.4 Å². The minimum atomic E-state index is -1.72. The van der Waals surface area contributed by atoms with Crippen LogP contribution in [0.5, 0.6) is 5.75 Å². The maximum atomic E-state index is 13.3. The molecule has 0 bridgehead atoms. The van der Waals surface area contributed by atoms with Crippen molar-refractivity contribution in [3.05, 3.63) is 29.1 Å². The highest BCUT2D eigenvalue weighted by molar-refractivity contribution is 6.17. The van der Waals surface area contributed by atoms with E-state index in [4.69, 9.17) is 16.7 Å². The highest BCUT2D eigenvalue weighted by Gasteiger charge is 2.22. The number of carbonyl (C=O) groups excluding carboxylic acids is 1. The second kappa shape index (κ2) is 5.77. The number of rotatable bonds is 4. The number of hydrogen-bond donors (Lipinski definition) is 2. The van der Waals surface area contributed by atoms with Crippen LogP contribution in [-0.2, 0) is 0 Å². The van der Waals surface area contributed by atoms with Crippen LogP contribution in [0.2, 0.25) is 0 Å². The molecule has 0 saturated heterocycles. The van der Waals surface area contributed by atoms with Gasteiger partial charge in [0.2, 0.25) is 5.82 Å². The minimum Gasteiger partial charge on any atom is -0.503 e. The first-order valence-corrected chi connectivity index (χ1v) is 5.23. The van der Waals surface area contributed by atoms with Crippen LogP contribution in [0.4, 0.5) is 13.2 Å². The van der Waals surface area contributed by atoms with Crippen molar-refractivity contribution in [3.8, 4) is 5.75 Å². The van der Waals surface area contributed by atoms with Crippen molar-refractivity contribution >= 4 is 17.5 Å². The summed E-state index contributed by atoms with van der Waals surface area (Å²) in [6, 6.07) is 0.389. The molecule has 0 fully saturated rings. The smallest absolute Gasteiger partial charge is 0.254 e. The zero-order chi connectivity index (χ0) is 13.0. The number of phenolic OH excluding ortho intramolecular Hbond substituents is 1. The zero-order valence-electron chi connectivity index (χ0n) is 8.57. The maximum absolute atomic E-state index is 13.3. The summed E-state index contributed by atoms with van der Waals surface area (Å²) in [5.41, 5.74) is -0.754. The molecule has 0 unspecified atom stereocenters. The van der Waals surface area contributed by atoms with Gasteiger partial charge in [-0.15, -0.1) is 11.6 Å². The number of carbonyl (C=O) groups is 1. The Kier molecular flexibility index (Phi) is 4.62. The lowest BCUT2D eigenvalue weighted by molar-refractivity contribution is 0.0948. The minimum absolute atomic E-state index is 0.168. The summed E-state index contributed by atoms with van der Waals surface area (Å²) >= 11 is 5.36. The normalized spacial score (nSPS) is 10.4. The molecule has 17 heavy (non-hydrogen) atoms. The molecule has 1 aromatic rings. The summed E-state index contributed by atoms with van der Waals surface area (Å²) in [5.74, 6) is -6.86. The number of benzene rings is 1. The molecular formula is C10H9ClF3NO2. The number of amides is 1. The molecule has 7 heteroatoms. The van der Waals surface area contributed by atoms with E-state index in [1.165, 1.54) is 0 Å². The second-order valence-corrected chi connectivity index (χ2v) is 3.56. The van der Waals surface area contributed by atoms with Crippen LogP contribution < -0.4 is 5.32 Å². The van der Waals surface area contributed by atoms with E-state index in [0.29, 0.717) is 18.4 Å². The predicted octanol–water partition coefficient (Wildman–Crippen LogP) is 2.17. The standard InChI is InChI=1S/C10H9ClF3NO2/c11-2-1-3-15-10(17)5-4-6(12)8(14)9(16)7(5)13/h4,16H,1-3H2,(H,15,17). The van der Waals surface area contributed by atoms with E-state index in [1.54, 1.807) is 0 Å². The van der Waals surface area contributed by atoms with Crippen LogP contribution in [0.1, 0.15) is 16.8 Å². The molecule has 1 amide bonds. The van der Waals surface area contributed by atoms with E-state index in [9.17, 15) is 18.0 Å². The molecule has 1 aromatic carbocycles. The molecule has 0 aliphatic rings. The van der Waals surface area contributed by atoms with Crippen LogP contribution in [0.25, 0.3) is 0 Å². The van der Waals surface area contributed by atoms with Gasteiger partial charge in [-0.1, -0.05) is 0 Å². The number of nitrogens with one attached hydrogen (secondary N) is 1. The lowest BCUT2D eigenvalue weighted by Gasteiger charge is -2.07. The molecule has 3 nitrogen and oxygen atoms in total. The molecule has 0 aromatic heterocycles. The van der Waals surface area contributed by atoms with Crippen molar-refractivity contribution in [2.24, 2.45) is 0 Å². The van der Waals surface area contributed by atoms with Crippen molar-refractivity contribution in [2.75, 3.05) is 12.4 Å². The van der Waals surface area contributed by atoms with Crippen molar-refractivity contribution < 1.29 is 23.1 Å². The Balaban J connectivity index is 2.94. The molecule has 0 saturated carbocycles. The fraction of sp³-hybridized carbons (Fsp3) is 0.300. The summed E-state index contributed by atoms with van der Waals surface area (Å²) < 4.78 is 38.9.